The van der Waals surface area contributed by atoms with E-state index in [4.69, 9.17) is 0 Å². The molecule has 12 heteroatoms. The van der Waals surface area contributed by atoms with Crippen molar-refractivity contribution in [2.75, 3.05) is 13.1 Å². The van der Waals surface area contributed by atoms with E-state index < -0.39 is 44.5 Å². The van der Waals surface area contributed by atoms with E-state index in [2.05, 4.69) is 16.1 Å². The third kappa shape index (κ3) is 8.02. The van der Waals surface area contributed by atoms with Crippen LogP contribution in [-0.2, 0) is 34.0 Å². The maximum atomic E-state index is 13.5. The van der Waals surface area contributed by atoms with Crippen LogP contribution in [0.5, 0.6) is 0 Å². The minimum absolute atomic E-state index is 0.147. The number of aryl methyl sites for hydroxylation is 1. The molecule has 0 aromatic heterocycles. The molecule has 0 unspecified atom stereocenters. The third-order valence-corrected chi connectivity index (χ3v) is 9.68. The van der Waals surface area contributed by atoms with Crippen LogP contribution in [0.15, 0.2) is 77.7 Å². The second kappa shape index (κ2) is 12.9. The SMILES string of the molecule is O=C(C[C@@H](NS(=O)(=O)c1cccc(C(F)(F)F)c1)c1ccccc1)N[C@@H]1CCCc2cc(CN3CCC(F)(F)CC3)ccc21. The Bertz CT molecular complexity index is 1570. The maximum Gasteiger partial charge on any atom is 0.416 e. The van der Waals surface area contributed by atoms with Crippen molar-refractivity contribution >= 4 is 15.9 Å². The van der Waals surface area contributed by atoms with E-state index in [1.807, 2.05) is 17.0 Å². The van der Waals surface area contributed by atoms with Crippen molar-refractivity contribution in [3.63, 3.8) is 0 Å². The van der Waals surface area contributed by atoms with Crippen LogP contribution in [-0.4, -0.2) is 38.2 Å². The summed E-state index contributed by atoms with van der Waals surface area (Å²) in [5.41, 5.74) is 2.45. The van der Waals surface area contributed by atoms with Crippen molar-refractivity contribution in [1.82, 2.24) is 14.9 Å². The Kier molecular flexibility index (Phi) is 9.43. The van der Waals surface area contributed by atoms with Crippen LogP contribution >= 0.6 is 0 Å². The minimum Gasteiger partial charge on any atom is -0.349 e. The molecule has 2 atom stereocenters. The van der Waals surface area contributed by atoms with E-state index in [0.29, 0.717) is 37.7 Å². The van der Waals surface area contributed by atoms with Gasteiger partial charge in [-0.05, 0) is 59.7 Å². The van der Waals surface area contributed by atoms with Crippen LogP contribution in [0.1, 0.15) is 72.0 Å². The molecular weight excluding hydrogens is 601 g/mol. The number of hydrogen-bond acceptors (Lipinski definition) is 4. The van der Waals surface area contributed by atoms with Gasteiger partial charge in [0.1, 0.15) is 0 Å². The summed E-state index contributed by atoms with van der Waals surface area (Å²) in [6, 6.07) is 16.5. The maximum absolute atomic E-state index is 13.5. The first-order valence-corrected chi connectivity index (χ1v) is 16.0. The van der Waals surface area contributed by atoms with Crippen molar-refractivity contribution in [2.45, 2.75) is 74.1 Å². The first kappa shape index (κ1) is 32.1. The van der Waals surface area contributed by atoms with E-state index >= 15 is 0 Å². The molecule has 2 N–H and O–H groups in total. The zero-order chi connectivity index (χ0) is 31.5. The van der Waals surface area contributed by atoms with Crippen molar-refractivity contribution in [2.24, 2.45) is 0 Å². The van der Waals surface area contributed by atoms with Gasteiger partial charge in [-0.25, -0.2) is 21.9 Å². The van der Waals surface area contributed by atoms with Crippen molar-refractivity contribution in [3.05, 3.63) is 101 Å². The number of carbonyl (C=O) groups is 1. The number of nitrogens with zero attached hydrogens (tertiary/aromatic N) is 1. The molecule has 236 valence electrons. The molecule has 1 aliphatic heterocycles. The topological polar surface area (TPSA) is 78.5 Å². The average molecular weight is 636 g/mol. The van der Waals surface area contributed by atoms with Gasteiger partial charge in [0.15, 0.2) is 0 Å². The molecule has 6 nitrogen and oxygen atoms in total. The summed E-state index contributed by atoms with van der Waals surface area (Å²) in [6.07, 6.45) is -2.96. The summed E-state index contributed by atoms with van der Waals surface area (Å²) in [4.78, 5) is 14.8. The molecule has 1 heterocycles. The zero-order valence-electron chi connectivity index (χ0n) is 23.9. The Labute approximate surface area is 253 Å². The lowest BCUT2D eigenvalue weighted by atomic mass is 9.86. The molecule has 0 bridgehead atoms. The van der Waals surface area contributed by atoms with Gasteiger partial charge in [-0.1, -0.05) is 54.6 Å². The summed E-state index contributed by atoms with van der Waals surface area (Å²) in [5, 5.41) is 3.02. The zero-order valence-corrected chi connectivity index (χ0v) is 24.7. The first-order valence-electron chi connectivity index (χ1n) is 14.5. The number of carbonyl (C=O) groups excluding carboxylic acids is 1. The number of alkyl halides is 5. The van der Waals surface area contributed by atoms with E-state index in [-0.39, 0.29) is 25.3 Å². The number of sulfonamides is 1. The normalized spacial score (nSPS) is 19.6. The number of halogens is 5. The lowest BCUT2D eigenvalue weighted by Gasteiger charge is -2.32. The molecule has 1 aliphatic carbocycles. The summed E-state index contributed by atoms with van der Waals surface area (Å²) in [6.45, 7) is 1.25. The van der Waals surface area contributed by atoms with Crippen LogP contribution < -0.4 is 10.0 Å². The molecule has 5 rings (SSSR count). The van der Waals surface area contributed by atoms with Gasteiger partial charge in [0.25, 0.3) is 5.92 Å². The number of hydrogen-bond donors (Lipinski definition) is 2. The molecular formula is C32H34F5N3O3S. The second-order valence-electron chi connectivity index (χ2n) is 11.5. The Balaban J connectivity index is 1.28. The highest BCUT2D eigenvalue weighted by Crippen LogP contribution is 2.34. The molecule has 3 aromatic carbocycles. The molecule has 1 fully saturated rings. The fourth-order valence-electron chi connectivity index (χ4n) is 5.86. The number of amides is 1. The molecule has 2 aliphatic rings. The fourth-order valence-corrected chi connectivity index (χ4v) is 7.13. The van der Waals surface area contributed by atoms with Gasteiger partial charge >= 0.3 is 6.18 Å². The van der Waals surface area contributed by atoms with Gasteiger partial charge in [0.05, 0.1) is 22.5 Å². The van der Waals surface area contributed by atoms with Gasteiger partial charge < -0.3 is 5.32 Å². The molecule has 0 spiro atoms. The highest BCUT2D eigenvalue weighted by molar-refractivity contribution is 7.89. The molecule has 44 heavy (non-hydrogen) atoms. The summed E-state index contributed by atoms with van der Waals surface area (Å²) < 4.78 is 95.6. The number of nitrogens with one attached hydrogen (secondary N) is 2. The number of fused-ring (bicyclic) bond motifs is 1. The Morgan fingerprint density at radius 3 is 2.41 bits per heavy atom. The van der Waals surface area contributed by atoms with E-state index in [1.54, 1.807) is 30.3 Å². The Hall–Kier alpha value is -3.35. The smallest absolute Gasteiger partial charge is 0.349 e. The first-order chi connectivity index (χ1) is 20.8. The van der Waals surface area contributed by atoms with Crippen LogP contribution in [0.4, 0.5) is 22.0 Å². The summed E-state index contributed by atoms with van der Waals surface area (Å²) >= 11 is 0. The van der Waals surface area contributed by atoms with Crippen molar-refractivity contribution < 1.29 is 35.2 Å². The van der Waals surface area contributed by atoms with Crippen LogP contribution in [0.3, 0.4) is 0 Å². The Morgan fingerprint density at radius 2 is 1.70 bits per heavy atom. The largest absolute Gasteiger partial charge is 0.416 e. The van der Waals surface area contributed by atoms with Gasteiger partial charge in [-0.3, -0.25) is 9.69 Å². The Morgan fingerprint density at radius 1 is 0.977 bits per heavy atom. The number of piperidine rings is 1. The van der Waals surface area contributed by atoms with Gasteiger partial charge in [0, 0.05) is 38.9 Å². The number of benzene rings is 3. The van der Waals surface area contributed by atoms with E-state index in [1.165, 1.54) is 0 Å². The average Bonchev–Trinajstić information content (AvgIpc) is 2.98. The minimum atomic E-state index is -4.72. The van der Waals surface area contributed by atoms with E-state index in [0.717, 1.165) is 47.7 Å². The second-order valence-corrected chi connectivity index (χ2v) is 13.2. The lowest BCUT2D eigenvalue weighted by Crippen LogP contribution is -2.38. The van der Waals surface area contributed by atoms with Crippen LogP contribution in [0.2, 0.25) is 0 Å². The molecule has 0 saturated carbocycles. The highest BCUT2D eigenvalue weighted by Gasteiger charge is 2.35. The van der Waals surface area contributed by atoms with Crippen molar-refractivity contribution in [1.29, 1.82) is 0 Å². The van der Waals surface area contributed by atoms with E-state index in [9.17, 15) is 35.2 Å². The predicted octanol–water partition coefficient (Wildman–Crippen LogP) is 6.54. The quantitative estimate of drug-likeness (QED) is 0.262. The van der Waals surface area contributed by atoms with Crippen LogP contribution in [0, 0.1) is 0 Å². The molecule has 3 aromatic rings. The van der Waals surface area contributed by atoms with Crippen LogP contribution in [0.25, 0.3) is 0 Å². The van der Waals surface area contributed by atoms with Gasteiger partial charge in [0.2, 0.25) is 15.9 Å². The third-order valence-electron chi connectivity index (χ3n) is 8.21. The molecule has 1 amide bonds. The monoisotopic (exact) mass is 635 g/mol. The van der Waals surface area contributed by atoms with Crippen molar-refractivity contribution in [3.8, 4) is 0 Å². The number of rotatable bonds is 9. The summed E-state index contributed by atoms with van der Waals surface area (Å²) in [5.74, 6) is -3.02. The lowest BCUT2D eigenvalue weighted by molar-refractivity contribution is -0.137. The van der Waals surface area contributed by atoms with Gasteiger partial charge in [-0.2, -0.15) is 13.2 Å². The predicted molar refractivity (Wildman–Crippen MR) is 155 cm³/mol. The van der Waals surface area contributed by atoms with Gasteiger partial charge in [-0.15, -0.1) is 0 Å². The highest BCUT2D eigenvalue weighted by atomic mass is 32.2. The fraction of sp³-hybridized carbons (Fsp3) is 0.406. The standard InChI is InChI=1S/C32H34F5N3O3S/c33-31(34)14-16-40(17-15-31)21-22-12-13-27-24(18-22)8-4-11-28(27)38-30(41)20-29(23-6-2-1-3-7-23)39-44(42,43)26-10-5-9-25(19-26)32(35,36)37/h1-3,5-7,9-10,12-13,18-19,28-29,39H,4,8,11,14-17,20-21H2,(H,38,41)/t28-,29-/m1/s1. The molecule has 1 saturated heterocycles. The number of likely N-dealkylation sites (tertiary alicyclic amines) is 1. The molecule has 0 radical (unpaired) electrons. The summed E-state index contributed by atoms with van der Waals surface area (Å²) in [7, 11) is -4.42.